The van der Waals surface area contributed by atoms with E-state index >= 15 is 0 Å². The fourth-order valence-electron chi connectivity index (χ4n) is 2.18. The van der Waals surface area contributed by atoms with Crippen LogP contribution in [0.15, 0.2) is 52.3 Å². The van der Waals surface area contributed by atoms with Crippen LogP contribution in [0.4, 0.5) is 5.13 Å². The molecule has 0 spiro atoms. The summed E-state index contributed by atoms with van der Waals surface area (Å²) in [5.41, 5.74) is 5.75. The lowest BCUT2D eigenvalue weighted by Gasteiger charge is -1.99. The summed E-state index contributed by atoms with van der Waals surface area (Å²) in [6.45, 7) is 2.16. The molecule has 0 radical (unpaired) electrons. The first kappa shape index (κ1) is 17.3. The van der Waals surface area contributed by atoms with Gasteiger partial charge in [0.2, 0.25) is 5.13 Å². The fourth-order valence-corrected chi connectivity index (χ4v) is 3.56. The van der Waals surface area contributed by atoms with Crippen LogP contribution in [0.1, 0.15) is 18.2 Å². The second-order valence-electron chi connectivity index (χ2n) is 5.10. The van der Waals surface area contributed by atoms with Crippen LogP contribution in [0, 0.1) is 0 Å². The summed E-state index contributed by atoms with van der Waals surface area (Å²) in [6, 6.07) is 12.3. The van der Waals surface area contributed by atoms with E-state index in [0.29, 0.717) is 17.4 Å². The fraction of sp³-hybridized carbons (Fsp3) is 0.167. The number of esters is 1. The summed E-state index contributed by atoms with van der Waals surface area (Å²) >= 11 is 3.11. The number of nitrogens with zero attached hydrogens (tertiary/aromatic N) is 2. The number of benzene rings is 1. The summed E-state index contributed by atoms with van der Waals surface area (Å²) in [5.74, 6) is -0.270. The molecule has 1 N–H and O–H groups in total. The zero-order chi connectivity index (χ0) is 17.5. The number of thiazole rings is 1. The number of nitrogens with one attached hydrogen (secondary N) is 1. The molecule has 0 aliphatic carbocycles. The molecular weight excluding hydrogens is 354 g/mol. The molecule has 0 unspecified atom stereocenters. The Balaban J connectivity index is 1.59. The largest absolute Gasteiger partial charge is 0.466 e. The molecule has 0 saturated carbocycles. The van der Waals surface area contributed by atoms with Gasteiger partial charge in [-0.25, -0.2) is 4.98 Å². The van der Waals surface area contributed by atoms with Gasteiger partial charge in [0.25, 0.3) is 0 Å². The Labute approximate surface area is 154 Å². The van der Waals surface area contributed by atoms with Gasteiger partial charge in [-0.2, -0.15) is 5.10 Å². The Morgan fingerprint density at radius 3 is 3.04 bits per heavy atom. The lowest BCUT2D eigenvalue weighted by atomic mass is 10.1. The number of thiophene rings is 1. The molecule has 0 bridgehead atoms. The SMILES string of the molecule is CCOC(=O)Cc1csc(NN=Cc2cccc(-c3cccs3)c2)n1. The third-order valence-corrected chi connectivity index (χ3v) is 4.96. The van der Waals surface area contributed by atoms with Gasteiger partial charge in [-0.05, 0) is 35.6 Å². The second kappa shape index (κ2) is 8.55. The third-order valence-electron chi connectivity index (χ3n) is 3.25. The van der Waals surface area contributed by atoms with Crippen LogP contribution in [0.25, 0.3) is 10.4 Å². The molecule has 0 saturated heterocycles. The highest BCUT2D eigenvalue weighted by molar-refractivity contribution is 7.13. The molecule has 3 aromatic rings. The van der Waals surface area contributed by atoms with Gasteiger partial charge in [-0.15, -0.1) is 22.7 Å². The first-order chi connectivity index (χ1) is 12.2. The first-order valence-electron chi connectivity index (χ1n) is 7.77. The van der Waals surface area contributed by atoms with Crippen LogP contribution < -0.4 is 5.43 Å². The molecule has 0 atom stereocenters. The Bertz CT molecular complexity index is 857. The second-order valence-corrected chi connectivity index (χ2v) is 6.90. The number of aromatic nitrogens is 1. The number of hydrogen-bond donors (Lipinski definition) is 1. The first-order valence-corrected chi connectivity index (χ1v) is 9.53. The van der Waals surface area contributed by atoms with Gasteiger partial charge in [-0.1, -0.05) is 24.3 Å². The molecule has 128 valence electrons. The van der Waals surface area contributed by atoms with Crippen LogP contribution >= 0.6 is 22.7 Å². The van der Waals surface area contributed by atoms with Crippen LogP contribution in [0.2, 0.25) is 0 Å². The number of hydrazone groups is 1. The predicted octanol–water partition coefficient (Wildman–Crippen LogP) is 4.42. The molecule has 2 heterocycles. The number of hydrogen-bond acceptors (Lipinski definition) is 7. The topological polar surface area (TPSA) is 63.6 Å². The molecule has 3 rings (SSSR count). The van der Waals surface area contributed by atoms with Crippen molar-refractivity contribution in [1.29, 1.82) is 0 Å². The van der Waals surface area contributed by atoms with Crippen molar-refractivity contribution in [2.24, 2.45) is 5.10 Å². The van der Waals surface area contributed by atoms with Gasteiger partial charge in [0.1, 0.15) is 0 Å². The van der Waals surface area contributed by atoms with Crippen molar-refractivity contribution in [2.45, 2.75) is 13.3 Å². The summed E-state index contributed by atoms with van der Waals surface area (Å²) in [5, 5.41) is 8.76. The van der Waals surface area contributed by atoms with Crippen molar-refractivity contribution in [3.05, 3.63) is 58.4 Å². The van der Waals surface area contributed by atoms with Gasteiger partial charge in [0.15, 0.2) is 0 Å². The van der Waals surface area contributed by atoms with E-state index in [1.165, 1.54) is 21.8 Å². The smallest absolute Gasteiger partial charge is 0.311 e. The monoisotopic (exact) mass is 371 g/mol. The lowest BCUT2D eigenvalue weighted by Crippen LogP contribution is -2.07. The Morgan fingerprint density at radius 1 is 1.32 bits per heavy atom. The van der Waals surface area contributed by atoms with E-state index in [4.69, 9.17) is 4.74 Å². The number of carbonyl (C=O) groups excluding carboxylic acids is 1. The van der Waals surface area contributed by atoms with Gasteiger partial charge < -0.3 is 4.74 Å². The van der Waals surface area contributed by atoms with Crippen LogP contribution in [-0.2, 0) is 16.0 Å². The maximum absolute atomic E-state index is 11.4. The molecule has 1 aromatic carbocycles. The average Bonchev–Trinajstić information content (AvgIpc) is 3.27. The van der Waals surface area contributed by atoms with Crippen LogP contribution in [0.3, 0.4) is 0 Å². The predicted molar refractivity (Wildman–Crippen MR) is 103 cm³/mol. The highest BCUT2D eigenvalue weighted by Gasteiger charge is 2.07. The molecule has 0 fully saturated rings. The summed E-state index contributed by atoms with van der Waals surface area (Å²) in [7, 11) is 0. The maximum Gasteiger partial charge on any atom is 0.311 e. The van der Waals surface area contributed by atoms with Gasteiger partial charge in [0, 0.05) is 10.3 Å². The molecule has 0 aliphatic heterocycles. The van der Waals surface area contributed by atoms with E-state index in [-0.39, 0.29) is 12.4 Å². The zero-order valence-electron chi connectivity index (χ0n) is 13.6. The Hall–Kier alpha value is -2.51. The molecule has 0 aliphatic rings. The van der Waals surface area contributed by atoms with E-state index in [1.807, 2.05) is 23.6 Å². The summed E-state index contributed by atoms with van der Waals surface area (Å²) in [4.78, 5) is 17.0. The summed E-state index contributed by atoms with van der Waals surface area (Å²) in [6.07, 6.45) is 1.93. The quantitative estimate of drug-likeness (QED) is 0.379. The lowest BCUT2D eigenvalue weighted by molar-refractivity contribution is -0.142. The van der Waals surface area contributed by atoms with Gasteiger partial charge in [-0.3, -0.25) is 10.2 Å². The van der Waals surface area contributed by atoms with E-state index in [0.717, 1.165) is 5.56 Å². The van der Waals surface area contributed by atoms with E-state index in [2.05, 4.69) is 39.1 Å². The molecule has 25 heavy (non-hydrogen) atoms. The minimum Gasteiger partial charge on any atom is -0.466 e. The molecular formula is C18H17N3O2S2. The van der Waals surface area contributed by atoms with Crippen molar-refractivity contribution in [2.75, 3.05) is 12.0 Å². The molecule has 5 nitrogen and oxygen atoms in total. The Kier molecular flexibility index (Phi) is 5.92. The number of carbonyl (C=O) groups is 1. The maximum atomic E-state index is 11.4. The highest BCUT2D eigenvalue weighted by Crippen LogP contribution is 2.24. The van der Waals surface area contributed by atoms with Crippen molar-refractivity contribution < 1.29 is 9.53 Å². The van der Waals surface area contributed by atoms with Crippen molar-refractivity contribution >= 4 is 40.0 Å². The normalized spacial score (nSPS) is 10.9. The van der Waals surface area contributed by atoms with E-state index < -0.39 is 0 Å². The van der Waals surface area contributed by atoms with E-state index in [1.54, 1.807) is 24.5 Å². The minimum atomic E-state index is -0.270. The number of anilines is 1. The Morgan fingerprint density at radius 2 is 2.24 bits per heavy atom. The standard InChI is InChI=1S/C18H17N3O2S2/c1-2-23-17(22)10-15-12-25-18(20-15)21-19-11-13-5-3-6-14(9-13)16-7-4-8-24-16/h3-9,11-12H,2,10H2,1H3,(H,20,21). The molecule has 2 aromatic heterocycles. The van der Waals surface area contributed by atoms with Crippen molar-refractivity contribution in [1.82, 2.24) is 4.98 Å². The van der Waals surface area contributed by atoms with Crippen LogP contribution in [-0.4, -0.2) is 23.8 Å². The zero-order valence-corrected chi connectivity index (χ0v) is 15.3. The van der Waals surface area contributed by atoms with Crippen molar-refractivity contribution in [3.8, 4) is 10.4 Å². The summed E-state index contributed by atoms with van der Waals surface area (Å²) < 4.78 is 4.91. The highest BCUT2D eigenvalue weighted by atomic mass is 32.1. The van der Waals surface area contributed by atoms with Crippen LogP contribution in [0.5, 0.6) is 0 Å². The third kappa shape index (κ3) is 4.98. The van der Waals surface area contributed by atoms with Crippen molar-refractivity contribution in [3.63, 3.8) is 0 Å². The minimum absolute atomic E-state index is 0.179. The number of ether oxygens (including phenoxy) is 1. The molecule has 0 amide bonds. The van der Waals surface area contributed by atoms with Gasteiger partial charge >= 0.3 is 5.97 Å². The number of rotatable bonds is 7. The van der Waals surface area contributed by atoms with E-state index in [9.17, 15) is 4.79 Å². The molecule has 7 heteroatoms. The average molecular weight is 371 g/mol. The van der Waals surface area contributed by atoms with Gasteiger partial charge in [0.05, 0.1) is 24.9 Å².